The van der Waals surface area contributed by atoms with Crippen LogP contribution in [-0.4, -0.2) is 24.2 Å². The van der Waals surface area contributed by atoms with Gasteiger partial charge in [-0.2, -0.15) is 0 Å². The van der Waals surface area contributed by atoms with Crippen molar-refractivity contribution in [1.29, 1.82) is 0 Å². The lowest BCUT2D eigenvalue weighted by atomic mass is 9.95. The van der Waals surface area contributed by atoms with Crippen LogP contribution in [0.4, 0.5) is 4.39 Å². The van der Waals surface area contributed by atoms with E-state index in [4.69, 9.17) is 21.1 Å². The van der Waals surface area contributed by atoms with E-state index in [1.165, 1.54) is 19.4 Å². The Labute approximate surface area is 144 Å². The summed E-state index contributed by atoms with van der Waals surface area (Å²) in [4.78, 5) is 16.6. The van der Waals surface area contributed by atoms with Crippen LogP contribution in [0, 0.1) is 12.7 Å². The average Bonchev–Trinajstić information content (AvgIpc) is 2.53. The monoisotopic (exact) mass is 349 g/mol. The van der Waals surface area contributed by atoms with Gasteiger partial charge >= 0.3 is 5.97 Å². The lowest BCUT2D eigenvalue weighted by Crippen LogP contribution is -2.25. The summed E-state index contributed by atoms with van der Waals surface area (Å²) in [6, 6.07) is 4.62. The van der Waals surface area contributed by atoms with Crippen LogP contribution < -0.4 is 4.74 Å². The van der Waals surface area contributed by atoms with Gasteiger partial charge in [0.1, 0.15) is 11.9 Å². The largest absolute Gasteiger partial charge is 0.496 e. The fourth-order valence-corrected chi connectivity index (χ4v) is 2.74. The van der Waals surface area contributed by atoms with E-state index in [1.54, 1.807) is 19.1 Å². The number of esters is 1. The molecule has 1 heterocycles. The minimum absolute atomic E-state index is 0.0430. The second-order valence-corrected chi connectivity index (χ2v) is 6.18. The summed E-state index contributed by atoms with van der Waals surface area (Å²) < 4.78 is 25.4. The van der Waals surface area contributed by atoms with E-state index in [-0.39, 0.29) is 22.3 Å². The van der Waals surface area contributed by atoms with Crippen molar-refractivity contribution in [1.82, 2.24) is 4.98 Å². The van der Waals surface area contributed by atoms with Crippen molar-refractivity contribution in [3.05, 3.63) is 46.5 Å². The molecule has 0 unspecified atom stereocenters. The Hall–Kier alpha value is -2.14. The third-order valence-electron chi connectivity index (χ3n) is 4.13. The third-order valence-corrected chi connectivity index (χ3v) is 4.42. The number of nitrogens with zero attached hydrogens (tertiary/aromatic N) is 1. The third kappa shape index (κ3) is 3.08. The van der Waals surface area contributed by atoms with E-state index in [1.807, 2.05) is 0 Å². The van der Waals surface area contributed by atoms with E-state index in [9.17, 15) is 9.18 Å². The molecule has 1 aromatic heterocycles. The van der Waals surface area contributed by atoms with Crippen molar-refractivity contribution >= 4 is 17.6 Å². The lowest BCUT2D eigenvalue weighted by Gasteiger charge is -2.25. The summed E-state index contributed by atoms with van der Waals surface area (Å²) in [5, 5.41) is -0.0430. The molecule has 1 fully saturated rings. The second kappa shape index (κ2) is 6.77. The first-order valence-electron chi connectivity index (χ1n) is 7.71. The SMILES string of the molecule is COc1ccc(Cl)c(F)c1-c1cc(C)ncc1C(=O)OC1CCC1. The van der Waals surface area contributed by atoms with Gasteiger partial charge in [0, 0.05) is 17.5 Å². The Balaban J connectivity index is 2.12. The number of hydrogen-bond acceptors (Lipinski definition) is 4. The molecule has 0 aliphatic heterocycles. The van der Waals surface area contributed by atoms with Crippen LogP contribution >= 0.6 is 11.6 Å². The van der Waals surface area contributed by atoms with Crippen LogP contribution in [0.1, 0.15) is 35.3 Å². The van der Waals surface area contributed by atoms with Crippen LogP contribution in [0.5, 0.6) is 5.75 Å². The van der Waals surface area contributed by atoms with Crippen LogP contribution in [0.15, 0.2) is 24.4 Å². The highest BCUT2D eigenvalue weighted by Crippen LogP contribution is 2.38. The number of aromatic nitrogens is 1. The Kier molecular flexibility index (Phi) is 4.71. The van der Waals surface area contributed by atoms with Gasteiger partial charge in [-0.15, -0.1) is 0 Å². The van der Waals surface area contributed by atoms with Gasteiger partial charge < -0.3 is 9.47 Å². The molecule has 1 aromatic carbocycles. The molecule has 0 radical (unpaired) electrons. The molecule has 3 rings (SSSR count). The zero-order chi connectivity index (χ0) is 17.3. The van der Waals surface area contributed by atoms with Gasteiger partial charge in [0.2, 0.25) is 0 Å². The number of ether oxygens (including phenoxy) is 2. The van der Waals surface area contributed by atoms with Gasteiger partial charge in [0.25, 0.3) is 0 Å². The number of carbonyl (C=O) groups is 1. The molecular weight excluding hydrogens is 333 g/mol. The van der Waals surface area contributed by atoms with E-state index >= 15 is 0 Å². The first-order chi connectivity index (χ1) is 11.5. The van der Waals surface area contributed by atoms with E-state index in [2.05, 4.69) is 4.98 Å². The van der Waals surface area contributed by atoms with Gasteiger partial charge in [0.15, 0.2) is 5.82 Å². The van der Waals surface area contributed by atoms with Crippen molar-refractivity contribution in [2.45, 2.75) is 32.3 Å². The maximum absolute atomic E-state index is 14.7. The highest BCUT2D eigenvalue weighted by molar-refractivity contribution is 6.31. The standard InChI is InChI=1S/C18H17ClFNO3/c1-10-8-12(16-15(23-2)7-6-14(19)17(16)20)13(9-21-10)18(22)24-11-4-3-5-11/h6-9,11H,3-5H2,1-2H3. The van der Waals surface area contributed by atoms with Crippen molar-refractivity contribution < 1.29 is 18.7 Å². The number of halogens is 2. The molecule has 1 aliphatic rings. The van der Waals surface area contributed by atoms with Crippen LogP contribution in [-0.2, 0) is 4.74 Å². The zero-order valence-corrected chi connectivity index (χ0v) is 14.2. The van der Waals surface area contributed by atoms with E-state index in [0.29, 0.717) is 17.0 Å². The fourth-order valence-electron chi connectivity index (χ4n) is 2.59. The highest BCUT2D eigenvalue weighted by Gasteiger charge is 2.26. The topological polar surface area (TPSA) is 48.4 Å². The number of hydrogen-bond donors (Lipinski definition) is 0. The average molecular weight is 350 g/mol. The quantitative estimate of drug-likeness (QED) is 0.759. The molecule has 0 bridgehead atoms. The molecule has 0 amide bonds. The molecular formula is C18H17ClFNO3. The van der Waals surface area contributed by atoms with Crippen molar-refractivity contribution in [3.63, 3.8) is 0 Å². The molecule has 24 heavy (non-hydrogen) atoms. The molecule has 6 heteroatoms. The summed E-state index contributed by atoms with van der Waals surface area (Å²) >= 11 is 5.92. The number of rotatable bonds is 4. The number of carbonyl (C=O) groups excluding carboxylic acids is 1. The molecule has 1 saturated carbocycles. The van der Waals surface area contributed by atoms with Gasteiger partial charge in [0.05, 0.1) is 23.3 Å². The highest BCUT2D eigenvalue weighted by atomic mass is 35.5. The van der Waals surface area contributed by atoms with Crippen molar-refractivity contribution in [3.8, 4) is 16.9 Å². The van der Waals surface area contributed by atoms with Gasteiger partial charge in [-0.25, -0.2) is 9.18 Å². The maximum atomic E-state index is 14.7. The van der Waals surface area contributed by atoms with Crippen molar-refractivity contribution in [2.24, 2.45) is 0 Å². The molecule has 2 aromatic rings. The molecule has 126 valence electrons. The lowest BCUT2D eigenvalue weighted by molar-refractivity contribution is 0.00905. The van der Waals surface area contributed by atoms with Gasteiger partial charge in [-0.1, -0.05) is 11.6 Å². The van der Waals surface area contributed by atoms with Crippen LogP contribution in [0.3, 0.4) is 0 Å². The predicted molar refractivity (Wildman–Crippen MR) is 89.0 cm³/mol. The Morgan fingerprint density at radius 2 is 2.12 bits per heavy atom. The Morgan fingerprint density at radius 3 is 2.75 bits per heavy atom. The molecule has 0 spiro atoms. The van der Waals surface area contributed by atoms with E-state index in [0.717, 1.165) is 19.3 Å². The number of pyridine rings is 1. The van der Waals surface area contributed by atoms with Crippen LogP contribution in [0.2, 0.25) is 5.02 Å². The summed E-state index contributed by atoms with van der Waals surface area (Å²) in [7, 11) is 1.44. The smallest absolute Gasteiger partial charge is 0.340 e. The van der Waals surface area contributed by atoms with Crippen LogP contribution in [0.25, 0.3) is 11.1 Å². The second-order valence-electron chi connectivity index (χ2n) is 5.77. The summed E-state index contributed by atoms with van der Waals surface area (Å²) in [6.45, 7) is 1.76. The summed E-state index contributed by atoms with van der Waals surface area (Å²) in [5.74, 6) is -0.858. The summed E-state index contributed by atoms with van der Waals surface area (Å²) in [5.41, 5.74) is 1.35. The summed E-state index contributed by atoms with van der Waals surface area (Å²) in [6.07, 6.45) is 4.10. The Bertz CT molecular complexity index is 790. The molecule has 1 aliphatic carbocycles. The molecule has 0 saturated heterocycles. The first-order valence-corrected chi connectivity index (χ1v) is 8.09. The normalized spacial score (nSPS) is 14.2. The fraction of sp³-hybridized carbons (Fsp3) is 0.333. The van der Waals surface area contributed by atoms with Gasteiger partial charge in [-0.3, -0.25) is 4.98 Å². The number of methoxy groups -OCH3 is 1. The minimum Gasteiger partial charge on any atom is -0.496 e. The number of benzene rings is 1. The molecule has 0 N–H and O–H groups in total. The van der Waals surface area contributed by atoms with Crippen molar-refractivity contribution in [2.75, 3.05) is 7.11 Å². The number of aryl methyl sites for hydroxylation is 1. The predicted octanol–water partition coefficient (Wildman–Crippen LogP) is 4.57. The molecule has 4 nitrogen and oxygen atoms in total. The maximum Gasteiger partial charge on any atom is 0.340 e. The Morgan fingerprint density at radius 1 is 1.38 bits per heavy atom. The van der Waals surface area contributed by atoms with E-state index < -0.39 is 11.8 Å². The minimum atomic E-state index is -0.640. The molecule has 0 atom stereocenters. The first kappa shape index (κ1) is 16.7. The zero-order valence-electron chi connectivity index (χ0n) is 13.4. The van der Waals surface area contributed by atoms with Gasteiger partial charge in [-0.05, 0) is 44.4 Å².